The van der Waals surface area contributed by atoms with Gasteiger partial charge in [0, 0.05) is 6.42 Å². The van der Waals surface area contributed by atoms with Crippen LogP contribution in [0.3, 0.4) is 0 Å². The van der Waals surface area contributed by atoms with Crippen LogP contribution >= 0.6 is 0 Å². The molecule has 0 saturated carbocycles. The van der Waals surface area contributed by atoms with Gasteiger partial charge in [0.1, 0.15) is 6.10 Å². The molecule has 2 fully saturated rings. The van der Waals surface area contributed by atoms with E-state index >= 15 is 0 Å². The van der Waals surface area contributed by atoms with Gasteiger partial charge >= 0.3 is 5.97 Å². The summed E-state index contributed by atoms with van der Waals surface area (Å²) < 4.78 is 11.0. The van der Waals surface area contributed by atoms with E-state index in [-0.39, 0.29) is 12.1 Å². The standard InChI is InChI=1S/C22H40O4/c1-2-3-4-5-6-10-14-20-21(25-20)15-11-8-7-9-13-18(23)19-16-12-17-22(24)26-19/h18-21,23H,2-17H2,1H3. The quantitative estimate of drug-likeness (QED) is 0.242. The van der Waals surface area contributed by atoms with E-state index in [0.29, 0.717) is 18.6 Å². The monoisotopic (exact) mass is 368 g/mol. The number of aliphatic hydroxyl groups excluding tert-OH is 1. The molecule has 26 heavy (non-hydrogen) atoms. The van der Waals surface area contributed by atoms with Crippen LogP contribution in [-0.2, 0) is 14.3 Å². The van der Waals surface area contributed by atoms with Crippen LogP contribution in [0.25, 0.3) is 0 Å². The lowest BCUT2D eigenvalue weighted by Crippen LogP contribution is -2.34. The second-order valence-corrected chi connectivity index (χ2v) is 8.25. The number of esters is 1. The Hall–Kier alpha value is -0.610. The molecular weight excluding hydrogens is 328 g/mol. The molecule has 4 unspecified atom stereocenters. The first kappa shape index (κ1) is 21.7. The van der Waals surface area contributed by atoms with E-state index in [0.717, 1.165) is 32.1 Å². The summed E-state index contributed by atoms with van der Waals surface area (Å²) in [6.07, 6.45) is 18.5. The topological polar surface area (TPSA) is 59.1 Å². The average molecular weight is 369 g/mol. The van der Waals surface area contributed by atoms with Crippen molar-refractivity contribution in [1.82, 2.24) is 0 Å². The highest BCUT2D eigenvalue weighted by Crippen LogP contribution is 2.32. The van der Waals surface area contributed by atoms with Crippen LogP contribution < -0.4 is 0 Å². The normalized spacial score (nSPS) is 26.5. The minimum absolute atomic E-state index is 0.153. The molecule has 0 radical (unpaired) electrons. The van der Waals surface area contributed by atoms with Gasteiger partial charge in [-0.25, -0.2) is 0 Å². The van der Waals surface area contributed by atoms with Gasteiger partial charge in [-0.05, 0) is 32.1 Å². The maximum atomic E-state index is 11.3. The lowest BCUT2D eigenvalue weighted by molar-refractivity contribution is -0.161. The third-order valence-corrected chi connectivity index (χ3v) is 5.85. The molecule has 0 amide bonds. The summed E-state index contributed by atoms with van der Waals surface area (Å²) >= 11 is 0. The SMILES string of the molecule is CCCCCCCCC1OC1CCCCCCC(O)C1CCCC(=O)O1. The third-order valence-electron chi connectivity index (χ3n) is 5.85. The van der Waals surface area contributed by atoms with Gasteiger partial charge in [0.2, 0.25) is 0 Å². The molecular formula is C22H40O4. The van der Waals surface area contributed by atoms with Crippen molar-refractivity contribution in [1.29, 1.82) is 0 Å². The lowest BCUT2D eigenvalue weighted by atomic mass is 9.98. The molecule has 2 aliphatic heterocycles. The maximum Gasteiger partial charge on any atom is 0.306 e. The van der Waals surface area contributed by atoms with Crippen LogP contribution in [0, 0.1) is 0 Å². The fourth-order valence-electron chi connectivity index (χ4n) is 4.06. The molecule has 0 spiro atoms. The van der Waals surface area contributed by atoms with E-state index in [1.807, 2.05) is 0 Å². The Kier molecular flexibility index (Phi) is 10.6. The Labute approximate surface area is 160 Å². The summed E-state index contributed by atoms with van der Waals surface area (Å²) in [6, 6.07) is 0. The molecule has 0 aromatic heterocycles. The van der Waals surface area contributed by atoms with E-state index in [2.05, 4.69) is 6.92 Å². The molecule has 0 bridgehead atoms. The van der Waals surface area contributed by atoms with Crippen LogP contribution in [0.2, 0.25) is 0 Å². The zero-order valence-electron chi connectivity index (χ0n) is 16.8. The summed E-state index contributed by atoms with van der Waals surface area (Å²) in [4.78, 5) is 11.3. The van der Waals surface area contributed by atoms with Crippen molar-refractivity contribution in [2.24, 2.45) is 0 Å². The van der Waals surface area contributed by atoms with Crippen LogP contribution in [0.1, 0.15) is 110 Å². The third kappa shape index (κ3) is 8.85. The Bertz CT molecular complexity index is 384. The molecule has 0 aromatic rings. The minimum atomic E-state index is -0.479. The largest absolute Gasteiger partial charge is 0.460 e. The molecule has 4 nitrogen and oxygen atoms in total. The zero-order valence-corrected chi connectivity index (χ0v) is 16.8. The highest BCUT2D eigenvalue weighted by atomic mass is 16.6. The number of carbonyl (C=O) groups is 1. The smallest absolute Gasteiger partial charge is 0.306 e. The molecule has 0 aromatic carbocycles. The van der Waals surface area contributed by atoms with Crippen LogP contribution in [0.5, 0.6) is 0 Å². The number of ether oxygens (including phenoxy) is 2. The summed E-state index contributed by atoms with van der Waals surface area (Å²) in [7, 11) is 0. The van der Waals surface area contributed by atoms with E-state index < -0.39 is 6.10 Å². The summed E-state index contributed by atoms with van der Waals surface area (Å²) in [6.45, 7) is 2.26. The Morgan fingerprint density at radius 3 is 2.23 bits per heavy atom. The number of rotatable bonds is 15. The predicted octanol–water partition coefficient (Wildman–Crippen LogP) is 5.30. The molecule has 1 N–H and O–H groups in total. The Morgan fingerprint density at radius 1 is 0.962 bits per heavy atom. The van der Waals surface area contributed by atoms with Gasteiger partial charge < -0.3 is 14.6 Å². The zero-order chi connectivity index (χ0) is 18.6. The number of unbranched alkanes of at least 4 members (excludes halogenated alkanes) is 8. The van der Waals surface area contributed by atoms with Crippen molar-refractivity contribution in [3.05, 3.63) is 0 Å². The molecule has 4 heteroatoms. The van der Waals surface area contributed by atoms with E-state index in [1.54, 1.807) is 0 Å². The molecule has 2 aliphatic rings. The Balaban J connectivity index is 1.36. The van der Waals surface area contributed by atoms with Gasteiger partial charge in [-0.15, -0.1) is 0 Å². The number of aliphatic hydroxyl groups is 1. The van der Waals surface area contributed by atoms with Crippen molar-refractivity contribution in [2.75, 3.05) is 0 Å². The minimum Gasteiger partial charge on any atom is -0.460 e. The summed E-state index contributed by atoms with van der Waals surface area (Å²) in [5.41, 5.74) is 0. The van der Waals surface area contributed by atoms with Crippen LogP contribution in [-0.4, -0.2) is 35.5 Å². The van der Waals surface area contributed by atoms with Crippen molar-refractivity contribution < 1.29 is 19.4 Å². The molecule has 2 rings (SSSR count). The van der Waals surface area contributed by atoms with Crippen molar-refractivity contribution in [3.63, 3.8) is 0 Å². The molecule has 2 saturated heterocycles. The number of cyclic esters (lactones) is 1. The summed E-state index contributed by atoms with van der Waals surface area (Å²) in [5.74, 6) is -0.153. The first-order valence-electron chi connectivity index (χ1n) is 11.2. The molecule has 152 valence electrons. The van der Waals surface area contributed by atoms with Crippen molar-refractivity contribution in [3.8, 4) is 0 Å². The Morgan fingerprint density at radius 2 is 1.58 bits per heavy atom. The number of carbonyl (C=O) groups excluding carboxylic acids is 1. The first-order valence-corrected chi connectivity index (χ1v) is 11.2. The molecule has 4 atom stereocenters. The van der Waals surface area contributed by atoms with Crippen molar-refractivity contribution >= 4 is 5.97 Å². The van der Waals surface area contributed by atoms with Gasteiger partial charge in [0.25, 0.3) is 0 Å². The fourth-order valence-corrected chi connectivity index (χ4v) is 4.06. The highest BCUT2D eigenvalue weighted by Gasteiger charge is 2.36. The predicted molar refractivity (Wildman–Crippen MR) is 104 cm³/mol. The molecule has 0 aliphatic carbocycles. The van der Waals surface area contributed by atoms with Crippen molar-refractivity contribution in [2.45, 2.75) is 134 Å². The first-order chi connectivity index (χ1) is 12.7. The van der Waals surface area contributed by atoms with Gasteiger partial charge in [-0.2, -0.15) is 0 Å². The second kappa shape index (κ2) is 12.7. The van der Waals surface area contributed by atoms with Gasteiger partial charge in [-0.1, -0.05) is 71.1 Å². The van der Waals surface area contributed by atoms with Gasteiger partial charge in [0.15, 0.2) is 0 Å². The fraction of sp³-hybridized carbons (Fsp3) is 0.955. The van der Waals surface area contributed by atoms with E-state index in [9.17, 15) is 9.90 Å². The molecule has 2 heterocycles. The highest BCUT2D eigenvalue weighted by molar-refractivity contribution is 5.70. The van der Waals surface area contributed by atoms with E-state index in [1.165, 1.54) is 64.2 Å². The van der Waals surface area contributed by atoms with Gasteiger partial charge in [0.05, 0.1) is 18.3 Å². The summed E-state index contributed by atoms with van der Waals surface area (Å²) in [5, 5.41) is 10.1. The van der Waals surface area contributed by atoms with Crippen LogP contribution in [0.15, 0.2) is 0 Å². The van der Waals surface area contributed by atoms with E-state index in [4.69, 9.17) is 9.47 Å². The number of hydrogen-bond acceptors (Lipinski definition) is 4. The van der Waals surface area contributed by atoms with Gasteiger partial charge in [-0.3, -0.25) is 4.79 Å². The maximum absolute atomic E-state index is 11.3. The average Bonchev–Trinajstić information content (AvgIpc) is 3.39. The van der Waals surface area contributed by atoms with Crippen LogP contribution in [0.4, 0.5) is 0 Å². The number of hydrogen-bond donors (Lipinski definition) is 1. The number of epoxide rings is 1. The lowest BCUT2D eigenvalue weighted by Gasteiger charge is -2.26. The second-order valence-electron chi connectivity index (χ2n) is 8.25.